The molecule has 0 aliphatic heterocycles. The first-order valence-corrected chi connectivity index (χ1v) is 20.8. The van der Waals surface area contributed by atoms with Gasteiger partial charge in [-0.05, 0) is 143 Å². The maximum atomic E-state index is 6.80. The van der Waals surface area contributed by atoms with Crippen LogP contribution in [0.15, 0.2) is 36.4 Å². The average Bonchev–Trinajstić information content (AvgIpc) is 3.65. The summed E-state index contributed by atoms with van der Waals surface area (Å²) in [6, 6.07) is 13.4. The van der Waals surface area contributed by atoms with Crippen molar-refractivity contribution in [3.63, 3.8) is 0 Å². The van der Waals surface area contributed by atoms with Crippen LogP contribution in [0.5, 0.6) is 11.5 Å². The summed E-state index contributed by atoms with van der Waals surface area (Å²) in [5.74, 6) is 9.36. The van der Waals surface area contributed by atoms with Gasteiger partial charge in [0.1, 0.15) is 11.5 Å². The van der Waals surface area contributed by atoms with Gasteiger partial charge in [-0.1, -0.05) is 57.7 Å². The first-order chi connectivity index (χ1) is 22.6. The lowest BCUT2D eigenvalue weighted by Crippen LogP contribution is -2.27. The van der Waals surface area contributed by atoms with Gasteiger partial charge in [-0.3, -0.25) is 0 Å². The van der Waals surface area contributed by atoms with Crippen LogP contribution < -0.4 is 9.47 Å². The van der Waals surface area contributed by atoms with Crippen molar-refractivity contribution in [1.29, 1.82) is 0 Å². The maximum absolute atomic E-state index is 6.80. The molecule has 0 unspecified atom stereocenters. The van der Waals surface area contributed by atoms with Crippen molar-refractivity contribution in [2.24, 2.45) is 47.3 Å². The highest BCUT2D eigenvalue weighted by Gasteiger charge is 2.32. The summed E-state index contributed by atoms with van der Waals surface area (Å²) in [5.41, 5.74) is 0. The molecule has 248 valence electrons. The molecule has 4 aliphatic rings. The summed E-state index contributed by atoms with van der Waals surface area (Å²) in [6.07, 6.45) is 22.7. The minimum atomic E-state index is 0.688. The summed E-state index contributed by atoms with van der Waals surface area (Å²) >= 11 is 3.86. The van der Waals surface area contributed by atoms with E-state index in [2.05, 4.69) is 50.2 Å². The van der Waals surface area contributed by atoms with Crippen molar-refractivity contribution in [2.75, 3.05) is 13.2 Å². The molecular formula is C42H56O2S2. The summed E-state index contributed by atoms with van der Waals surface area (Å²) < 4.78 is 19.0. The van der Waals surface area contributed by atoms with Crippen LogP contribution in [-0.4, -0.2) is 13.2 Å². The third kappa shape index (κ3) is 6.60. The Morgan fingerprint density at radius 3 is 1.54 bits per heavy atom. The lowest BCUT2D eigenvalue weighted by molar-refractivity contribution is 0.125. The summed E-state index contributed by atoms with van der Waals surface area (Å²) in [4.78, 5) is 0. The number of benzene rings is 2. The molecule has 2 heterocycles. The zero-order valence-corrected chi connectivity index (χ0v) is 30.1. The highest BCUT2D eigenvalue weighted by atomic mass is 32.1. The van der Waals surface area contributed by atoms with Crippen LogP contribution in [0, 0.1) is 47.3 Å². The molecule has 4 fully saturated rings. The van der Waals surface area contributed by atoms with Crippen molar-refractivity contribution < 1.29 is 9.47 Å². The molecule has 0 radical (unpaired) electrons. The van der Waals surface area contributed by atoms with Gasteiger partial charge in [0.15, 0.2) is 0 Å². The van der Waals surface area contributed by atoms with Crippen molar-refractivity contribution in [3.8, 4) is 11.5 Å². The Hall–Kier alpha value is -1.78. The van der Waals surface area contributed by atoms with Crippen molar-refractivity contribution in [1.82, 2.24) is 0 Å². The largest absolute Gasteiger partial charge is 0.493 e. The molecule has 8 rings (SSSR count). The normalized spacial score (nSPS) is 32.7. The molecule has 0 atom stereocenters. The molecule has 0 bridgehead atoms. The van der Waals surface area contributed by atoms with Gasteiger partial charge >= 0.3 is 0 Å². The fourth-order valence-electron chi connectivity index (χ4n) is 10.1. The van der Waals surface area contributed by atoms with E-state index in [0.29, 0.717) is 11.8 Å². The third-order valence-corrected chi connectivity index (χ3v) is 15.8. The fraction of sp³-hybridized carbons (Fsp3) is 0.667. The standard InChI is InChI=1S/C42H56O2S2/c1-27-7-15-31(16-8-27)33-19-11-29(12-20-33)25-43-36-23-24-37(41-39(36)42-40(46-41)35-5-3-4-6-38(35)45-42)44-26-30-13-21-34(22-14-30)32-17-9-28(2)10-18-32/h3-6,23-24,27-34H,7-22,25-26H2,1-2H3. The van der Waals surface area contributed by atoms with E-state index < -0.39 is 0 Å². The van der Waals surface area contributed by atoms with Gasteiger partial charge in [0.2, 0.25) is 0 Å². The van der Waals surface area contributed by atoms with E-state index in [1.807, 2.05) is 22.7 Å². The monoisotopic (exact) mass is 656 g/mol. The number of ether oxygens (including phenoxy) is 2. The van der Waals surface area contributed by atoms with Crippen LogP contribution in [0.25, 0.3) is 29.6 Å². The SMILES string of the molecule is CC1CCC(C2CCC(COc3ccc(OCC4CCC(C5CCC(C)CC5)CC4)c4c3sc3c5ccccc5sc34)CC2)CC1. The zero-order chi connectivity index (χ0) is 31.0. The second kappa shape index (κ2) is 14.0. The van der Waals surface area contributed by atoms with Gasteiger partial charge < -0.3 is 9.47 Å². The van der Waals surface area contributed by atoms with E-state index in [9.17, 15) is 0 Å². The quantitative estimate of drug-likeness (QED) is 0.188. The maximum Gasteiger partial charge on any atom is 0.137 e. The molecular weight excluding hydrogens is 601 g/mol. The number of hydrogen-bond donors (Lipinski definition) is 0. The molecule has 2 aromatic carbocycles. The van der Waals surface area contributed by atoms with Gasteiger partial charge in [0.05, 0.1) is 32.7 Å². The Balaban J connectivity index is 0.946. The molecule has 4 saturated carbocycles. The molecule has 0 N–H and O–H groups in total. The molecule has 0 spiro atoms. The van der Waals surface area contributed by atoms with Crippen LogP contribution in [0.4, 0.5) is 0 Å². The Labute approximate surface area is 285 Å². The van der Waals surface area contributed by atoms with Crippen molar-refractivity contribution in [2.45, 2.75) is 117 Å². The number of fused-ring (bicyclic) bond motifs is 5. The van der Waals surface area contributed by atoms with Gasteiger partial charge in [-0.15, -0.1) is 22.7 Å². The Kier molecular flexibility index (Phi) is 9.57. The average molecular weight is 657 g/mol. The number of hydrogen-bond acceptors (Lipinski definition) is 4. The van der Waals surface area contributed by atoms with Crippen molar-refractivity contribution >= 4 is 52.2 Å². The van der Waals surface area contributed by atoms with Crippen LogP contribution in [-0.2, 0) is 0 Å². The Bertz CT molecular complexity index is 1580. The second-order valence-corrected chi connectivity index (χ2v) is 18.4. The minimum absolute atomic E-state index is 0.688. The highest BCUT2D eigenvalue weighted by Crippen LogP contribution is 2.51. The molecule has 0 amide bonds. The van der Waals surface area contributed by atoms with Crippen molar-refractivity contribution in [3.05, 3.63) is 36.4 Å². The Morgan fingerprint density at radius 2 is 0.978 bits per heavy atom. The first kappa shape index (κ1) is 31.5. The van der Waals surface area contributed by atoms with E-state index in [1.165, 1.54) is 132 Å². The third-order valence-electron chi connectivity index (χ3n) is 13.3. The molecule has 2 nitrogen and oxygen atoms in total. The van der Waals surface area contributed by atoms with E-state index in [0.717, 1.165) is 60.2 Å². The molecule has 0 saturated heterocycles. The topological polar surface area (TPSA) is 18.5 Å². The molecule has 46 heavy (non-hydrogen) atoms. The predicted molar refractivity (Wildman–Crippen MR) is 199 cm³/mol. The van der Waals surface area contributed by atoms with E-state index in [4.69, 9.17) is 9.47 Å². The number of rotatable bonds is 8. The minimum Gasteiger partial charge on any atom is -0.493 e. The fourth-order valence-corrected chi connectivity index (χ4v) is 12.8. The lowest BCUT2D eigenvalue weighted by atomic mass is 9.69. The summed E-state index contributed by atoms with van der Waals surface area (Å²) in [5, 5.41) is 2.69. The smallest absolute Gasteiger partial charge is 0.137 e. The Morgan fingerprint density at radius 1 is 0.500 bits per heavy atom. The molecule has 4 aliphatic carbocycles. The summed E-state index contributed by atoms with van der Waals surface area (Å²) in [7, 11) is 0. The van der Waals surface area contributed by atoms with Gasteiger partial charge in [-0.2, -0.15) is 0 Å². The van der Waals surface area contributed by atoms with Crippen LogP contribution in [0.1, 0.15) is 117 Å². The predicted octanol–water partition coefficient (Wildman–Crippen LogP) is 13.3. The van der Waals surface area contributed by atoms with Crippen LogP contribution in [0.3, 0.4) is 0 Å². The van der Waals surface area contributed by atoms with Gasteiger partial charge in [0.25, 0.3) is 0 Å². The lowest BCUT2D eigenvalue weighted by Gasteiger charge is -2.37. The van der Waals surface area contributed by atoms with Crippen LogP contribution >= 0.6 is 22.7 Å². The van der Waals surface area contributed by atoms with Gasteiger partial charge in [0, 0.05) is 10.1 Å². The number of thiophene rings is 2. The second-order valence-electron chi connectivity index (χ2n) is 16.3. The summed E-state index contributed by atoms with van der Waals surface area (Å²) in [6.45, 7) is 6.61. The zero-order valence-electron chi connectivity index (χ0n) is 28.4. The molecule has 4 aromatic rings. The van der Waals surface area contributed by atoms with E-state index in [-0.39, 0.29) is 0 Å². The molecule has 4 heteroatoms. The van der Waals surface area contributed by atoms with Gasteiger partial charge in [-0.25, -0.2) is 0 Å². The van der Waals surface area contributed by atoms with E-state index in [1.54, 1.807) is 0 Å². The van der Waals surface area contributed by atoms with Crippen LogP contribution in [0.2, 0.25) is 0 Å². The highest BCUT2D eigenvalue weighted by molar-refractivity contribution is 7.36. The first-order valence-electron chi connectivity index (χ1n) is 19.2. The molecule has 2 aromatic heterocycles. The van der Waals surface area contributed by atoms with E-state index >= 15 is 0 Å².